The SMILES string of the molecule is CN(C)c1ccc([C@H]2CCCCCN2)cc1. The van der Waals surface area contributed by atoms with Crippen LogP contribution >= 0.6 is 0 Å². The number of hydrogen-bond acceptors (Lipinski definition) is 2. The molecule has 0 radical (unpaired) electrons. The first-order valence-corrected chi connectivity index (χ1v) is 6.28. The number of nitrogens with zero attached hydrogens (tertiary/aromatic N) is 1. The van der Waals surface area contributed by atoms with E-state index in [0.29, 0.717) is 6.04 Å². The molecule has 2 nitrogen and oxygen atoms in total. The molecule has 0 aromatic heterocycles. The molecule has 1 N–H and O–H groups in total. The lowest BCUT2D eigenvalue weighted by Crippen LogP contribution is -2.20. The molecule has 1 aromatic carbocycles. The van der Waals surface area contributed by atoms with Gasteiger partial charge in [0.05, 0.1) is 0 Å². The summed E-state index contributed by atoms with van der Waals surface area (Å²) in [4.78, 5) is 2.14. The molecular weight excluding hydrogens is 196 g/mol. The second-order valence-corrected chi connectivity index (χ2v) is 4.84. The molecule has 0 saturated carbocycles. The van der Waals surface area contributed by atoms with Crippen LogP contribution < -0.4 is 10.2 Å². The highest BCUT2D eigenvalue weighted by atomic mass is 15.1. The molecule has 1 heterocycles. The van der Waals surface area contributed by atoms with Crippen LogP contribution in [0, 0.1) is 0 Å². The minimum absolute atomic E-state index is 0.568. The minimum Gasteiger partial charge on any atom is -0.378 e. The first-order chi connectivity index (χ1) is 7.77. The average Bonchev–Trinajstić information content (AvgIpc) is 2.57. The predicted molar refractivity (Wildman–Crippen MR) is 70.0 cm³/mol. The monoisotopic (exact) mass is 218 g/mol. The molecule has 88 valence electrons. The van der Waals surface area contributed by atoms with Gasteiger partial charge in [0, 0.05) is 25.8 Å². The summed E-state index contributed by atoms with van der Waals surface area (Å²) in [6.07, 6.45) is 5.33. The molecule has 1 aliphatic heterocycles. The van der Waals surface area contributed by atoms with Crippen molar-refractivity contribution in [3.63, 3.8) is 0 Å². The maximum Gasteiger partial charge on any atom is 0.0361 e. The highest BCUT2D eigenvalue weighted by Gasteiger charge is 2.13. The van der Waals surface area contributed by atoms with Gasteiger partial charge in [-0.1, -0.05) is 25.0 Å². The number of nitrogens with one attached hydrogen (secondary N) is 1. The normalized spacial score (nSPS) is 21.5. The molecule has 2 heteroatoms. The van der Waals surface area contributed by atoms with Gasteiger partial charge in [-0.25, -0.2) is 0 Å². The Morgan fingerprint density at radius 3 is 2.50 bits per heavy atom. The van der Waals surface area contributed by atoms with Crippen LogP contribution in [0.15, 0.2) is 24.3 Å². The summed E-state index contributed by atoms with van der Waals surface area (Å²) in [5.41, 5.74) is 2.71. The van der Waals surface area contributed by atoms with Crippen LogP contribution in [0.4, 0.5) is 5.69 Å². The Morgan fingerprint density at radius 1 is 1.06 bits per heavy atom. The summed E-state index contributed by atoms with van der Waals surface area (Å²) >= 11 is 0. The minimum atomic E-state index is 0.568. The highest BCUT2D eigenvalue weighted by molar-refractivity contribution is 5.46. The average molecular weight is 218 g/mol. The van der Waals surface area contributed by atoms with Crippen molar-refractivity contribution >= 4 is 5.69 Å². The van der Waals surface area contributed by atoms with Crippen LogP contribution in [-0.2, 0) is 0 Å². The molecule has 0 amide bonds. The summed E-state index contributed by atoms with van der Waals surface area (Å²) in [5, 5.41) is 3.63. The van der Waals surface area contributed by atoms with E-state index in [1.54, 1.807) is 0 Å². The zero-order chi connectivity index (χ0) is 11.4. The van der Waals surface area contributed by atoms with E-state index < -0.39 is 0 Å². The van der Waals surface area contributed by atoms with Crippen molar-refractivity contribution in [3.05, 3.63) is 29.8 Å². The summed E-state index contributed by atoms with van der Waals surface area (Å²) in [5.74, 6) is 0. The number of hydrogen-bond donors (Lipinski definition) is 1. The van der Waals surface area contributed by atoms with Gasteiger partial charge >= 0.3 is 0 Å². The molecule has 0 spiro atoms. The van der Waals surface area contributed by atoms with Crippen LogP contribution in [0.1, 0.15) is 37.3 Å². The highest BCUT2D eigenvalue weighted by Crippen LogP contribution is 2.24. The van der Waals surface area contributed by atoms with Gasteiger partial charge < -0.3 is 10.2 Å². The lowest BCUT2D eigenvalue weighted by Gasteiger charge is -2.18. The van der Waals surface area contributed by atoms with Crippen LogP contribution in [-0.4, -0.2) is 20.6 Å². The number of rotatable bonds is 2. The fourth-order valence-corrected chi connectivity index (χ4v) is 2.32. The molecule has 0 aliphatic carbocycles. The second kappa shape index (κ2) is 5.35. The zero-order valence-corrected chi connectivity index (χ0v) is 10.4. The Bertz CT molecular complexity index is 308. The van der Waals surface area contributed by atoms with Crippen LogP contribution in [0.2, 0.25) is 0 Å². The van der Waals surface area contributed by atoms with E-state index in [1.807, 2.05) is 0 Å². The van der Waals surface area contributed by atoms with Gasteiger partial charge in [-0.2, -0.15) is 0 Å². The zero-order valence-electron chi connectivity index (χ0n) is 10.4. The van der Waals surface area contributed by atoms with Gasteiger partial charge in [0.1, 0.15) is 0 Å². The molecule has 1 aliphatic rings. The van der Waals surface area contributed by atoms with Crippen molar-refractivity contribution in [3.8, 4) is 0 Å². The fraction of sp³-hybridized carbons (Fsp3) is 0.571. The summed E-state index contributed by atoms with van der Waals surface area (Å²) in [6, 6.07) is 9.51. The van der Waals surface area contributed by atoms with E-state index in [0.717, 1.165) is 0 Å². The standard InChI is InChI=1S/C14H22N2/c1-16(2)13-9-7-12(8-10-13)14-6-4-3-5-11-15-14/h7-10,14-15H,3-6,11H2,1-2H3/t14-/m1/s1. The Labute approximate surface area is 98.7 Å². The smallest absolute Gasteiger partial charge is 0.0361 e. The van der Waals surface area contributed by atoms with E-state index in [-0.39, 0.29) is 0 Å². The first kappa shape index (κ1) is 11.5. The van der Waals surface area contributed by atoms with Crippen LogP contribution in [0.25, 0.3) is 0 Å². The Balaban J connectivity index is 2.07. The third kappa shape index (κ3) is 2.76. The van der Waals surface area contributed by atoms with Gasteiger partial charge in [-0.3, -0.25) is 0 Å². The molecule has 1 fully saturated rings. The van der Waals surface area contributed by atoms with Gasteiger partial charge in [-0.15, -0.1) is 0 Å². The van der Waals surface area contributed by atoms with Crippen LogP contribution in [0.5, 0.6) is 0 Å². The van der Waals surface area contributed by atoms with Crippen molar-refractivity contribution in [2.24, 2.45) is 0 Å². The molecule has 1 aromatic rings. The summed E-state index contributed by atoms with van der Waals surface area (Å²) < 4.78 is 0. The van der Waals surface area contributed by atoms with E-state index in [9.17, 15) is 0 Å². The van der Waals surface area contributed by atoms with Gasteiger partial charge in [-0.05, 0) is 37.1 Å². The molecule has 2 rings (SSSR count). The van der Waals surface area contributed by atoms with Crippen molar-refractivity contribution in [2.45, 2.75) is 31.7 Å². The van der Waals surface area contributed by atoms with Crippen molar-refractivity contribution in [1.82, 2.24) is 5.32 Å². The van der Waals surface area contributed by atoms with Crippen molar-refractivity contribution < 1.29 is 0 Å². The van der Waals surface area contributed by atoms with Gasteiger partial charge in [0.25, 0.3) is 0 Å². The summed E-state index contributed by atoms with van der Waals surface area (Å²) in [6.45, 7) is 1.17. The Hall–Kier alpha value is -1.02. The topological polar surface area (TPSA) is 15.3 Å². The molecule has 0 unspecified atom stereocenters. The first-order valence-electron chi connectivity index (χ1n) is 6.28. The largest absolute Gasteiger partial charge is 0.378 e. The third-order valence-corrected chi connectivity index (χ3v) is 3.37. The lowest BCUT2D eigenvalue weighted by molar-refractivity contribution is 0.535. The lowest BCUT2D eigenvalue weighted by atomic mass is 10.0. The van der Waals surface area contributed by atoms with Gasteiger partial charge in [0.15, 0.2) is 0 Å². The van der Waals surface area contributed by atoms with E-state index in [2.05, 4.69) is 48.6 Å². The fourth-order valence-electron chi connectivity index (χ4n) is 2.32. The molecular formula is C14H22N2. The molecule has 0 bridgehead atoms. The molecule has 1 saturated heterocycles. The van der Waals surface area contributed by atoms with E-state index in [4.69, 9.17) is 0 Å². The van der Waals surface area contributed by atoms with E-state index >= 15 is 0 Å². The van der Waals surface area contributed by atoms with Crippen LogP contribution in [0.3, 0.4) is 0 Å². The predicted octanol–water partition coefficient (Wildman–Crippen LogP) is 2.96. The second-order valence-electron chi connectivity index (χ2n) is 4.84. The van der Waals surface area contributed by atoms with Crippen molar-refractivity contribution in [1.29, 1.82) is 0 Å². The summed E-state index contributed by atoms with van der Waals surface area (Å²) in [7, 11) is 4.16. The number of benzene rings is 1. The van der Waals surface area contributed by atoms with Crippen molar-refractivity contribution in [2.75, 3.05) is 25.5 Å². The Kier molecular flexibility index (Phi) is 3.83. The molecule has 1 atom stereocenters. The number of anilines is 1. The molecule has 16 heavy (non-hydrogen) atoms. The maximum atomic E-state index is 3.63. The van der Waals surface area contributed by atoms with E-state index in [1.165, 1.54) is 43.5 Å². The van der Waals surface area contributed by atoms with Gasteiger partial charge in [0.2, 0.25) is 0 Å². The maximum absolute atomic E-state index is 3.63. The quantitative estimate of drug-likeness (QED) is 0.821. The third-order valence-electron chi connectivity index (χ3n) is 3.37. The Morgan fingerprint density at radius 2 is 1.81 bits per heavy atom.